The Bertz CT molecular complexity index is 784. The molecule has 1 N–H and O–H groups in total. The molecule has 0 fully saturated rings. The molecule has 0 aliphatic rings. The first kappa shape index (κ1) is 17.7. The summed E-state index contributed by atoms with van der Waals surface area (Å²) in [5.74, 6) is -0.289. The maximum atomic E-state index is 12.6. The Kier molecular flexibility index (Phi) is 5.34. The van der Waals surface area contributed by atoms with Crippen molar-refractivity contribution in [3.63, 3.8) is 0 Å². The average Bonchev–Trinajstić information content (AvgIpc) is 2.52. The van der Waals surface area contributed by atoms with Gasteiger partial charge in [0, 0.05) is 17.2 Å². The fraction of sp³-hybridized carbons (Fsp3) is 0.316. The van der Waals surface area contributed by atoms with Gasteiger partial charge in [0.2, 0.25) is 0 Å². The van der Waals surface area contributed by atoms with Gasteiger partial charge in [-0.2, -0.15) is 0 Å². The van der Waals surface area contributed by atoms with Crippen molar-refractivity contribution < 1.29 is 9.72 Å². The van der Waals surface area contributed by atoms with Gasteiger partial charge in [-0.25, -0.2) is 0 Å². The van der Waals surface area contributed by atoms with E-state index in [0.29, 0.717) is 11.1 Å². The topological polar surface area (TPSA) is 72.2 Å². The van der Waals surface area contributed by atoms with Crippen LogP contribution in [0, 0.1) is 30.9 Å². The minimum absolute atomic E-state index is 0.0396. The molecule has 24 heavy (non-hydrogen) atoms. The van der Waals surface area contributed by atoms with Gasteiger partial charge in [-0.3, -0.25) is 14.9 Å². The molecule has 1 atom stereocenters. The molecule has 126 valence electrons. The van der Waals surface area contributed by atoms with Gasteiger partial charge in [0.15, 0.2) is 0 Å². The van der Waals surface area contributed by atoms with Crippen LogP contribution in [0.1, 0.15) is 52.0 Å². The molecule has 0 unspecified atom stereocenters. The number of aryl methyl sites for hydroxylation is 2. The van der Waals surface area contributed by atoms with E-state index in [4.69, 9.17) is 0 Å². The van der Waals surface area contributed by atoms with Gasteiger partial charge in [-0.05, 0) is 44.4 Å². The molecule has 0 radical (unpaired) electrons. The number of carbonyl (C=O) groups excluding carboxylic acids is 1. The molecular weight excluding hydrogens is 304 g/mol. The molecule has 5 heteroatoms. The lowest BCUT2D eigenvalue weighted by molar-refractivity contribution is -0.385. The lowest BCUT2D eigenvalue weighted by Crippen LogP contribution is -2.29. The summed E-state index contributed by atoms with van der Waals surface area (Å²) in [5.41, 5.74) is 4.05. The van der Waals surface area contributed by atoms with E-state index in [1.54, 1.807) is 13.0 Å². The van der Waals surface area contributed by atoms with Crippen molar-refractivity contribution >= 4 is 11.6 Å². The smallest absolute Gasteiger partial charge is 0.273 e. The summed E-state index contributed by atoms with van der Waals surface area (Å²) in [5, 5.41) is 14.1. The maximum Gasteiger partial charge on any atom is 0.273 e. The summed E-state index contributed by atoms with van der Waals surface area (Å²) in [7, 11) is 0. The molecule has 0 aromatic heterocycles. The lowest BCUT2D eigenvalue weighted by Gasteiger charge is -2.20. The first-order chi connectivity index (χ1) is 11.3. The summed E-state index contributed by atoms with van der Waals surface area (Å²) in [6, 6.07) is 10.6. The fourth-order valence-corrected chi connectivity index (χ4v) is 2.92. The van der Waals surface area contributed by atoms with Crippen molar-refractivity contribution in [1.82, 2.24) is 5.32 Å². The number of rotatable bonds is 5. The second kappa shape index (κ2) is 7.25. The highest BCUT2D eigenvalue weighted by atomic mass is 16.6. The summed E-state index contributed by atoms with van der Waals surface area (Å²) in [6.45, 7) is 7.66. The number of nitrogens with zero attached hydrogens (tertiary/aromatic N) is 1. The number of benzene rings is 2. The van der Waals surface area contributed by atoms with Gasteiger partial charge < -0.3 is 5.32 Å². The second-order valence-electron chi connectivity index (χ2n) is 6.00. The maximum absolute atomic E-state index is 12.6. The van der Waals surface area contributed by atoms with Gasteiger partial charge in [0.1, 0.15) is 0 Å². The van der Waals surface area contributed by atoms with Gasteiger partial charge in [0.25, 0.3) is 11.6 Å². The van der Waals surface area contributed by atoms with Crippen molar-refractivity contribution in [3.8, 4) is 0 Å². The van der Waals surface area contributed by atoms with Crippen LogP contribution in [0.3, 0.4) is 0 Å². The van der Waals surface area contributed by atoms with Crippen molar-refractivity contribution in [2.75, 3.05) is 0 Å². The Hall–Kier alpha value is -2.69. The number of nitrogens with one attached hydrogen (secondary N) is 1. The van der Waals surface area contributed by atoms with E-state index in [1.165, 1.54) is 17.7 Å². The van der Waals surface area contributed by atoms with Crippen LogP contribution in [-0.4, -0.2) is 10.8 Å². The largest absolute Gasteiger partial charge is 0.345 e. The summed E-state index contributed by atoms with van der Waals surface area (Å²) in [6.07, 6.45) is 0.740. The molecule has 0 aliphatic heterocycles. The summed E-state index contributed by atoms with van der Waals surface area (Å²) >= 11 is 0. The average molecular weight is 326 g/mol. The zero-order chi connectivity index (χ0) is 17.9. The molecule has 5 nitrogen and oxygen atoms in total. The van der Waals surface area contributed by atoms with E-state index in [9.17, 15) is 14.9 Å². The van der Waals surface area contributed by atoms with Crippen molar-refractivity contribution in [1.29, 1.82) is 0 Å². The lowest BCUT2D eigenvalue weighted by atomic mass is 9.97. The Morgan fingerprint density at radius 2 is 1.92 bits per heavy atom. The van der Waals surface area contributed by atoms with E-state index >= 15 is 0 Å². The number of carbonyl (C=O) groups is 1. The van der Waals surface area contributed by atoms with E-state index in [-0.39, 0.29) is 17.6 Å². The highest BCUT2D eigenvalue weighted by Crippen LogP contribution is 2.24. The third-order valence-corrected chi connectivity index (χ3v) is 4.26. The summed E-state index contributed by atoms with van der Waals surface area (Å²) < 4.78 is 0. The Morgan fingerprint density at radius 1 is 1.21 bits per heavy atom. The Balaban J connectivity index is 2.30. The van der Waals surface area contributed by atoms with Crippen molar-refractivity contribution in [3.05, 3.63) is 74.3 Å². The normalized spacial score (nSPS) is 11.8. The first-order valence-corrected chi connectivity index (χ1v) is 7.97. The Morgan fingerprint density at radius 3 is 2.50 bits per heavy atom. The predicted molar refractivity (Wildman–Crippen MR) is 94.2 cm³/mol. The molecule has 2 aromatic rings. The molecule has 1 amide bonds. The van der Waals surface area contributed by atoms with Gasteiger partial charge in [0.05, 0.1) is 11.0 Å². The van der Waals surface area contributed by atoms with E-state index < -0.39 is 4.92 Å². The van der Waals surface area contributed by atoms with E-state index in [1.807, 2.05) is 32.9 Å². The molecule has 0 saturated carbocycles. The Labute approximate surface area is 141 Å². The summed E-state index contributed by atoms with van der Waals surface area (Å²) in [4.78, 5) is 23.2. The number of nitro groups is 1. The zero-order valence-electron chi connectivity index (χ0n) is 14.4. The molecule has 2 rings (SSSR count). The molecular formula is C19H22N2O3. The standard InChI is InChI=1S/C19H22N2O3/c1-5-17(15-10-9-12(2)11-13(15)3)20-19(22)16-7-6-8-18(14(16)4)21(23)24/h6-11,17H,5H2,1-4H3,(H,20,22)/t17-/m0/s1. The molecule has 0 heterocycles. The SMILES string of the molecule is CC[C@H](NC(=O)c1cccc([N+](=O)[O-])c1C)c1ccc(C)cc1C. The van der Waals surface area contributed by atoms with Crippen LogP contribution >= 0.6 is 0 Å². The second-order valence-corrected chi connectivity index (χ2v) is 6.00. The molecule has 0 spiro atoms. The minimum Gasteiger partial charge on any atom is -0.345 e. The fourth-order valence-electron chi connectivity index (χ4n) is 2.92. The van der Waals surface area contributed by atoms with Crippen LogP contribution in [0.5, 0.6) is 0 Å². The van der Waals surface area contributed by atoms with E-state index in [2.05, 4.69) is 11.4 Å². The van der Waals surface area contributed by atoms with Gasteiger partial charge in [-0.1, -0.05) is 36.8 Å². The number of nitro benzene ring substituents is 1. The number of hydrogen-bond acceptors (Lipinski definition) is 3. The highest BCUT2D eigenvalue weighted by Gasteiger charge is 2.21. The van der Waals surface area contributed by atoms with Crippen LogP contribution in [0.15, 0.2) is 36.4 Å². The number of amides is 1. The first-order valence-electron chi connectivity index (χ1n) is 7.97. The molecule has 0 aliphatic carbocycles. The van der Waals surface area contributed by atoms with Crippen LogP contribution in [0.25, 0.3) is 0 Å². The van der Waals surface area contributed by atoms with Crippen molar-refractivity contribution in [2.45, 2.75) is 40.2 Å². The van der Waals surface area contributed by atoms with Gasteiger partial charge in [-0.15, -0.1) is 0 Å². The zero-order valence-corrected chi connectivity index (χ0v) is 14.4. The third-order valence-electron chi connectivity index (χ3n) is 4.26. The minimum atomic E-state index is -0.465. The van der Waals surface area contributed by atoms with Crippen molar-refractivity contribution in [2.24, 2.45) is 0 Å². The molecule has 0 saturated heterocycles. The monoisotopic (exact) mass is 326 g/mol. The van der Waals surface area contributed by atoms with Crippen LogP contribution in [0.4, 0.5) is 5.69 Å². The van der Waals surface area contributed by atoms with Crippen LogP contribution in [-0.2, 0) is 0 Å². The number of hydrogen-bond donors (Lipinski definition) is 1. The highest BCUT2D eigenvalue weighted by molar-refractivity contribution is 5.96. The van der Waals surface area contributed by atoms with Crippen LogP contribution < -0.4 is 5.32 Å². The van der Waals surface area contributed by atoms with E-state index in [0.717, 1.165) is 17.5 Å². The molecule has 2 aromatic carbocycles. The van der Waals surface area contributed by atoms with Gasteiger partial charge >= 0.3 is 0 Å². The predicted octanol–water partition coefficient (Wildman–Crippen LogP) is 4.40. The third kappa shape index (κ3) is 3.62. The van der Waals surface area contributed by atoms with Crippen LogP contribution in [0.2, 0.25) is 0 Å². The molecule has 0 bridgehead atoms. The quantitative estimate of drug-likeness (QED) is 0.654.